The largest absolute Gasteiger partial charge is 0.460 e. The number of nitrogens with two attached hydrogens (primary N) is 1. The average molecular weight is 287 g/mol. The molecule has 1 fully saturated rings. The summed E-state index contributed by atoms with van der Waals surface area (Å²) in [5.74, 6) is 0. The molecule has 112 valence electrons. The molecule has 0 bridgehead atoms. The quantitative estimate of drug-likeness (QED) is 0.871. The van der Waals surface area contributed by atoms with E-state index in [1.165, 1.54) is 25.7 Å². The molecule has 0 radical (unpaired) electrons. The third-order valence-electron chi connectivity index (χ3n) is 4.03. The van der Waals surface area contributed by atoms with Gasteiger partial charge in [-0.15, -0.1) is 0 Å². The molecular weight excluding hydrogens is 266 g/mol. The van der Waals surface area contributed by atoms with Crippen molar-refractivity contribution in [2.75, 3.05) is 6.61 Å². The van der Waals surface area contributed by atoms with E-state index >= 15 is 0 Å². The normalized spacial score (nSPS) is 18.1. The van der Waals surface area contributed by atoms with Gasteiger partial charge in [0.25, 0.3) is 0 Å². The highest BCUT2D eigenvalue weighted by molar-refractivity contribution is 5.31. The summed E-state index contributed by atoms with van der Waals surface area (Å²) in [6.45, 7) is 0.459. The van der Waals surface area contributed by atoms with E-state index in [1.54, 1.807) is 4.68 Å². The van der Waals surface area contributed by atoms with Crippen molar-refractivity contribution in [3.8, 4) is 11.7 Å². The van der Waals surface area contributed by atoms with Crippen molar-refractivity contribution in [2.45, 2.75) is 44.1 Å². The van der Waals surface area contributed by atoms with Crippen LogP contribution in [-0.2, 0) is 0 Å². The van der Waals surface area contributed by atoms with Crippen LogP contribution in [0.25, 0.3) is 5.69 Å². The Labute approximate surface area is 124 Å². The number of rotatable bonds is 4. The molecule has 0 amide bonds. The molecule has 2 N–H and O–H groups in total. The Hall–Kier alpha value is -1.95. The Balaban J connectivity index is 1.70. The van der Waals surface area contributed by atoms with Gasteiger partial charge in [0.1, 0.15) is 6.61 Å². The molecule has 6 heteroatoms. The fourth-order valence-electron chi connectivity index (χ4n) is 2.79. The molecule has 21 heavy (non-hydrogen) atoms. The first-order valence-electron chi connectivity index (χ1n) is 7.52. The maximum absolute atomic E-state index is 6.46. The Bertz CT molecular complexity index is 560. The minimum atomic E-state index is -0.260. The van der Waals surface area contributed by atoms with E-state index in [4.69, 9.17) is 10.5 Å². The Morgan fingerprint density at radius 1 is 1.10 bits per heavy atom. The predicted molar refractivity (Wildman–Crippen MR) is 79.3 cm³/mol. The van der Waals surface area contributed by atoms with Crippen molar-refractivity contribution in [3.63, 3.8) is 0 Å². The molecule has 1 saturated carbocycles. The fourth-order valence-corrected chi connectivity index (χ4v) is 2.79. The molecule has 1 aromatic carbocycles. The summed E-state index contributed by atoms with van der Waals surface area (Å²) in [4.78, 5) is 0. The highest BCUT2D eigenvalue weighted by atomic mass is 16.5. The number of hydrogen-bond acceptors (Lipinski definition) is 5. The summed E-state index contributed by atoms with van der Waals surface area (Å²) in [5, 5.41) is 11.6. The lowest BCUT2D eigenvalue weighted by Crippen LogP contribution is -2.45. The molecule has 1 aromatic heterocycles. The molecule has 0 unspecified atom stereocenters. The minimum absolute atomic E-state index is 0.260. The van der Waals surface area contributed by atoms with Gasteiger partial charge in [-0.3, -0.25) is 0 Å². The SMILES string of the molecule is NC1(COc2nnnn2-c2ccccc2)CCCCCC1. The van der Waals surface area contributed by atoms with Crippen LogP contribution in [0.1, 0.15) is 38.5 Å². The van der Waals surface area contributed by atoms with Crippen LogP contribution >= 0.6 is 0 Å². The molecule has 0 atom stereocenters. The van der Waals surface area contributed by atoms with Crippen LogP contribution in [-0.4, -0.2) is 32.4 Å². The van der Waals surface area contributed by atoms with E-state index in [-0.39, 0.29) is 5.54 Å². The molecule has 3 rings (SSSR count). The van der Waals surface area contributed by atoms with Gasteiger partial charge in [-0.2, -0.15) is 4.68 Å². The number of ether oxygens (including phenoxy) is 1. The van der Waals surface area contributed by atoms with Gasteiger partial charge in [0.05, 0.1) is 11.2 Å². The van der Waals surface area contributed by atoms with Crippen LogP contribution in [0.2, 0.25) is 0 Å². The van der Waals surface area contributed by atoms with E-state index < -0.39 is 0 Å². The molecule has 1 aliphatic rings. The first kappa shape index (κ1) is 14.0. The van der Waals surface area contributed by atoms with Crippen molar-refractivity contribution in [2.24, 2.45) is 5.73 Å². The topological polar surface area (TPSA) is 78.8 Å². The summed E-state index contributed by atoms with van der Waals surface area (Å²) in [6, 6.07) is 10.1. The summed E-state index contributed by atoms with van der Waals surface area (Å²) in [6.07, 6.45) is 6.87. The van der Waals surface area contributed by atoms with E-state index in [0.717, 1.165) is 18.5 Å². The summed E-state index contributed by atoms with van der Waals surface area (Å²) >= 11 is 0. The lowest BCUT2D eigenvalue weighted by Gasteiger charge is -2.27. The number of tetrazole rings is 1. The van der Waals surface area contributed by atoms with Crippen LogP contribution in [0.5, 0.6) is 6.01 Å². The number of nitrogens with zero attached hydrogens (tertiary/aromatic N) is 4. The van der Waals surface area contributed by atoms with Gasteiger partial charge in [0.15, 0.2) is 0 Å². The molecule has 1 heterocycles. The predicted octanol–water partition coefficient (Wildman–Crippen LogP) is 2.09. The van der Waals surface area contributed by atoms with Crippen molar-refractivity contribution < 1.29 is 4.74 Å². The highest BCUT2D eigenvalue weighted by Gasteiger charge is 2.28. The monoisotopic (exact) mass is 287 g/mol. The van der Waals surface area contributed by atoms with Gasteiger partial charge in [-0.25, -0.2) is 0 Å². The van der Waals surface area contributed by atoms with Crippen molar-refractivity contribution >= 4 is 0 Å². The lowest BCUT2D eigenvalue weighted by atomic mass is 9.93. The molecule has 2 aromatic rings. The second-order valence-corrected chi connectivity index (χ2v) is 5.77. The standard InChI is InChI=1S/C15H21N5O/c16-15(10-6-1-2-7-11-15)12-21-14-17-18-19-20(14)13-8-4-3-5-9-13/h3-5,8-9H,1-2,6-7,10-12,16H2. The van der Waals surface area contributed by atoms with Gasteiger partial charge >= 0.3 is 6.01 Å². The van der Waals surface area contributed by atoms with Gasteiger partial charge in [-0.1, -0.05) is 49.0 Å². The van der Waals surface area contributed by atoms with Crippen molar-refractivity contribution in [1.29, 1.82) is 0 Å². The van der Waals surface area contributed by atoms with Crippen LogP contribution < -0.4 is 10.5 Å². The van der Waals surface area contributed by atoms with E-state index in [1.807, 2.05) is 30.3 Å². The third kappa shape index (κ3) is 3.39. The molecule has 0 aliphatic heterocycles. The highest BCUT2D eigenvalue weighted by Crippen LogP contribution is 2.25. The average Bonchev–Trinajstić information content (AvgIpc) is 2.88. The fraction of sp³-hybridized carbons (Fsp3) is 0.533. The Morgan fingerprint density at radius 3 is 2.52 bits per heavy atom. The van der Waals surface area contributed by atoms with E-state index in [9.17, 15) is 0 Å². The second-order valence-electron chi connectivity index (χ2n) is 5.77. The van der Waals surface area contributed by atoms with Crippen LogP contribution in [0, 0.1) is 0 Å². The molecule has 0 spiro atoms. The van der Waals surface area contributed by atoms with Crippen molar-refractivity contribution in [1.82, 2.24) is 20.2 Å². The molecule has 6 nitrogen and oxygen atoms in total. The van der Waals surface area contributed by atoms with Crippen LogP contribution in [0.4, 0.5) is 0 Å². The first-order chi connectivity index (χ1) is 10.3. The van der Waals surface area contributed by atoms with Gasteiger partial charge < -0.3 is 10.5 Å². The number of hydrogen-bond donors (Lipinski definition) is 1. The summed E-state index contributed by atoms with van der Waals surface area (Å²) in [5.41, 5.74) is 7.08. The van der Waals surface area contributed by atoms with E-state index in [2.05, 4.69) is 15.5 Å². The van der Waals surface area contributed by atoms with Gasteiger partial charge in [0, 0.05) is 0 Å². The van der Waals surface area contributed by atoms with E-state index in [0.29, 0.717) is 12.6 Å². The first-order valence-corrected chi connectivity index (χ1v) is 7.52. The zero-order valence-electron chi connectivity index (χ0n) is 12.1. The second kappa shape index (κ2) is 6.22. The zero-order chi connectivity index (χ0) is 14.5. The lowest BCUT2D eigenvalue weighted by molar-refractivity contribution is 0.183. The van der Waals surface area contributed by atoms with Crippen LogP contribution in [0.3, 0.4) is 0 Å². The summed E-state index contributed by atoms with van der Waals surface area (Å²) < 4.78 is 7.43. The Morgan fingerprint density at radius 2 is 1.81 bits per heavy atom. The third-order valence-corrected chi connectivity index (χ3v) is 4.03. The smallest absolute Gasteiger partial charge is 0.340 e. The van der Waals surface area contributed by atoms with Crippen LogP contribution in [0.15, 0.2) is 30.3 Å². The summed E-state index contributed by atoms with van der Waals surface area (Å²) in [7, 11) is 0. The number of para-hydroxylation sites is 1. The maximum Gasteiger partial charge on any atom is 0.340 e. The molecule has 1 aliphatic carbocycles. The zero-order valence-corrected chi connectivity index (χ0v) is 12.1. The molecular formula is C15H21N5O. The maximum atomic E-state index is 6.46. The number of benzene rings is 1. The minimum Gasteiger partial charge on any atom is -0.460 e. The molecule has 0 saturated heterocycles. The van der Waals surface area contributed by atoms with Gasteiger partial charge in [-0.05, 0) is 35.4 Å². The van der Waals surface area contributed by atoms with Crippen molar-refractivity contribution in [3.05, 3.63) is 30.3 Å². The Kier molecular flexibility index (Phi) is 4.15. The number of aromatic nitrogens is 4. The van der Waals surface area contributed by atoms with Gasteiger partial charge in [0.2, 0.25) is 0 Å².